The van der Waals surface area contributed by atoms with Gasteiger partial charge in [-0.2, -0.15) is 0 Å². The maximum atomic E-state index is 13.6. The number of halogens is 2. The van der Waals surface area contributed by atoms with E-state index in [1.54, 1.807) is 12.1 Å². The largest absolute Gasteiger partial charge is 0.205 e. The summed E-state index contributed by atoms with van der Waals surface area (Å²) in [6, 6.07) is 5.37. The minimum atomic E-state index is -0.266. The Kier molecular flexibility index (Phi) is 4.88. The molecule has 0 radical (unpaired) electrons. The molecule has 0 heterocycles. The van der Waals surface area contributed by atoms with Crippen molar-refractivity contribution in [2.75, 3.05) is 0 Å². The normalized spacial score (nSPS) is 33.9. The van der Waals surface area contributed by atoms with Gasteiger partial charge in [-0.25, -0.2) is 4.39 Å². The first-order chi connectivity index (χ1) is 10.1. The second-order valence-electron chi connectivity index (χ2n) is 7.31. The van der Waals surface area contributed by atoms with Crippen molar-refractivity contribution in [1.82, 2.24) is 0 Å². The van der Waals surface area contributed by atoms with E-state index < -0.39 is 0 Å². The highest BCUT2D eigenvalue weighted by Gasteiger charge is 2.30. The van der Waals surface area contributed by atoms with Gasteiger partial charge in [-0.1, -0.05) is 37.4 Å². The Morgan fingerprint density at radius 3 is 2.05 bits per heavy atom. The molecular weight excluding hydrogens is 283 g/mol. The van der Waals surface area contributed by atoms with Crippen LogP contribution in [0.2, 0.25) is 5.02 Å². The van der Waals surface area contributed by atoms with E-state index in [0.29, 0.717) is 5.92 Å². The van der Waals surface area contributed by atoms with Gasteiger partial charge in [0.05, 0.1) is 5.02 Å². The second kappa shape index (κ2) is 6.69. The van der Waals surface area contributed by atoms with Crippen LogP contribution < -0.4 is 0 Å². The number of hydrogen-bond acceptors (Lipinski definition) is 0. The first-order valence-electron chi connectivity index (χ1n) is 8.58. The molecule has 0 N–H and O–H groups in total. The maximum Gasteiger partial charge on any atom is 0.142 e. The Bertz CT molecular complexity index is 468. The Morgan fingerprint density at radius 2 is 1.48 bits per heavy atom. The fraction of sp³-hybridized carbons (Fsp3) is 0.684. The summed E-state index contributed by atoms with van der Waals surface area (Å²) in [7, 11) is 0. The van der Waals surface area contributed by atoms with Crippen molar-refractivity contribution in [2.45, 2.75) is 64.2 Å². The molecule has 2 aliphatic rings. The van der Waals surface area contributed by atoms with Crippen molar-refractivity contribution in [3.63, 3.8) is 0 Å². The molecule has 2 aliphatic carbocycles. The molecule has 0 aromatic heterocycles. The van der Waals surface area contributed by atoms with Crippen molar-refractivity contribution in [3.8, 4) is 0 Å². The average Bonchev–Trinajstić information content (AvgIpc) is 2.51. The summed E-state index contributed by atoms with van der Waals surface area (Å²) >= 11 is 5.78. The van der Waals surface area contributed by atoms with Gasteiger partial charge in [-0.05, 0) is 79.9 Å². The van der Waals surface area contributed by atoms with Crippen LogP contribution in [0.5, 0.6) is 0 Å². The molecule has 0 spiro atoms. The van der Waals surface area contributed by atoms with Gasteiger partial charge in [0.15, 0.2) is 0 Å². The molecule has 0 saturated heterocycles. The van der Waals surface area contributed by atoms with Gasteiger partial charge in [-0.3, -0.25) is 0 Å². The van der Waals surface area contributed by atoms with Crippen molar-refractivity contribution in [1.29, 1.82) is 0 Å². The molecule has 2 saturated carbocycles. The summed E-state index contributed by atoms with van der Waals surface area (Å²) < 4.78 is 13.6. The van der Waals surface area contributed by atoms with E-state index >= 15 is 0 Å². The lowest BCUT2D eigenvalue weighted by Crippen LogP contribution is -2.24. The fourth-order valence-electron chi connectivity index (χ4n) is 4.45. The summed E-state index contributed by atoms with van der Waals surface area (Å²) in [4.78, 5) is 0. The summed E-state index contributed by atoms with van der Waals surface area (Å²) in [5.41, 5.74) is 1.15. The molecule has 0 bridgehead atoms. The summed E-state index contributed by atoms with van der Waals surface area (Å²) in [6.45, 7) is 2.39. The van der Waals surface area contributed by atoms with Gasteiger partial charge < -0.3 is 0 Å². The van der Waals surface area contributed by atoms with Gasteiger partial charge in [-0.15, -0.1) is 0 Å². The van der Waals surface area contributed by atoms with Crippen LogP contribution in [0, 0.1) is 23.6 Å². The molecule has 0 atom stereocenters. The molecule has 2 heteroatoms. The molecule has 3 rings (SSSR count). The maximum absolute atomic E-state index is 13.6. The molecule has 1 aromatic carbocycles. The molecule has 116 valence electrons. The minimum absolute atomic E-state index is 0.240. The van der Waals surface area contributed by atoms with Crippen LogP contribution >= 0.6 is 11.6 Å². The van der Waals surface area contributed by atoms with Crippen LogP contribution in [-0.2, 0) is 0 Å². The van der Waals surface area contributed by atoms with E-state index in [2.05, 4.69) is 6.92 Å². The van der Waals surface area contributed by atoms with Crippen LogP contribution in [0.15, 0.2) is 18.2 Å². The smallest absolute Gasteiger partial charge is 0.142 e. The van der Waals surface area contributed by atoms with E-state index in [0.717, 1.165) is 23.3 Å². The summed E-state index contributed by atoms with van der Waals surface area (Å²) in [5.74, 6) is 3.10. The van der Waals surface area contributed by atoms with Crippen LogP contribution in [0.3, 0.4) is 0 Å². The quantitative estimate of drug-likeness (QED) is 0.579. The van der Waals surface area contributed by atoms with E-state index in [4.69, 9.17) is 11.6 Å². The van der Waals surface area contributed by atoms with Crippen molar-refractivity contribution >= 4 is 11.6 Å². The van der Waals surface area contributed by atoms with E-state index in [1.807, 2.05) is 6.07 Å². The zero-order chi connectivity index (χ0) is 14.8. The molecule has 0 unspecified atom stereocenters. The SMILES string of the molecule is CC1CCC(C2CCC(c3ccc(Cl)c(F)c3)CC2)CC1. The summed E-state index contributed by atoms with van der Waals surface area (Å²) in [5, 5.41) is 0.240. The van der Waals surface area contributed by atoms with Gasteiger partial charge in [0.25, 0.3) is 0 Å². The predicted octanol–water partition coefficient (Wildman–Crippen LogP) is 6.58. The van der Waals surface area contributed by atoms with Gasteiger partial charge in [0, 0.05) is 0 Å². The number of benzene rings is 1. The van der Waals surface area contributed by atoms with Crippen molar-refractivity contribution in [2.24, 2.45) is 17.8 Å². The molecule has 2 fully saturated rings. The van der Waals surface area contributed by atoms with Gasteiger partial charge in [0.1, 0.15) is 5.82 Å². The number of rotatable bonds is 2. The highest BCUT2D eigenvalue weighted by Crippen LogP contribution is 2.44. The van der Waals surface area contributed by atoms with Crippen LogP contribution in [0.1, 0.15) is 69.8 Å². The molecular formula is C19H26ClF. The van der Waals surface area contributed by atoms with E-state index in [9.17, 15) is 4.39 Å². The lowest BCUT2D eigenvalue weighted by Gasteiger charge is -2.37. The molecule has 21 heavy (non-hydrogen) atoms. The van der Waals surface area contributed by atoms with E-state index in [1.165, 1.54) is 51.4 Å². The van der Waals surface area contributed by atoms with Crippen molar-refractivity contribution < 1.29 is 4.39 Å². The van der Waals surface area contributed by atoms with Crippen LogP contribution in [0.4, 0.5) is 4.39 Å². The first kappa shape index (κ1) is 15.3. The lowest BCUT2D eigenvalue weighted by atomic mass is 9.68. The topological polar surface area (TPSA) is 0 Å². The average molecular weight is 309 g/mol. The standard InChI is InChI=1S/C19H26ClF/c1-13-2-4-14(5-3-13)15-6-8-16(9-7-15)17-10-11-18(20)19(21)12-17/h10-16H,2-9H2,1H3. The fourth-order valence-corrected chi connectivity index (χ4v) is 4.57. The third-order valence-corrected chi connectivity index (χ3v) is 6.22. The molecule has 0 nitrogen and oxygen atoms in total. The summed E-state index contributed by atoms with van der Waals surface area (Å²) in [6.07, 6.45) is 10.8. The van der Waals surface area contributed by atoms with E-state index in [-0.39, 0.29) is 10.8 Å². The zero-order valence-corrected chi connectivity index (χ0v) is 13.7. The minimum Gasteiger partial charge on any atom is -0.205 e. The predicted molar refractivity (Wildman–Crippen MR) is 87.2 cm³/mol. The highest BCUT2D eigenvalue weighted by molar-refractivity contribution is 6.30. The molecule has 1 aromatic rings. The first-order valence-corrected chi connectivity index (χ1v) is 8.96. The Hall–Kier alpha value is -0.560. The monoisotopic (exact) mass is 308 g/mol. The number of hydrogen-bond donors (Lipinski definition) is 0. The van der Waals surface area contributed by atoms with Gasteiger partial charge >= 0.3 is 0 Å². The second-order valence-corrected chi connectivity index (χ2v) is 7.71. The molecule has 0 aliphatic heterocycles. The third-order valence-electron chi connectivity index (χ3n) is 5.91. The molecule has 0 amide bonds. The Balaban J connectivity index is 1.56. The Morgan fingerprint density at radius 1 is 0.905 bits per heavy atom. The Labute approximate surface area is 133 Å². The van der Waals surface area contributed by atoms with Crippen LogP contribution in [-0.4, -0.2) is 0 Å². The lowest BCUT2D eigenvalue weighted by molar-refractivity contribution is 0.165. The highest BCUT2D eigenvalue weighted by atomic mass is 35.5. The van der Waals surface area contributed by atoms with Gasteiger partial charge in [0.2, 0.25) is 0 Å². The third kappa shape index (κ3) is 3.62. The van der Waals surface area contributed by atoms with Crippen molar-refractivity contribution in [3.05, 3.63) is 34.6 Å². The van der Waals surface area contributed by atoms with Crippen LogP contribution in [0.25, 0.3) is 0 Å². The zero-order valence-electron chi connectivity index (χ0n) is 13.0.